The van der Waals surface area contributed by atoms with Gasteiger partial charge in [0.05, 0.1) is 7.11 Å². The SMILES string of the molecule is CNCC(Cc1cc(Br)ccc1OC)CC(C)C. The molecule has 1 atom stereocenters. The fourth-order valence-corrected chi connectivity index (χ4v) is 2.82. The molecule has 1 N–H and O–H groups in total. The number of hydrogen-bond donors (Lipinski definition) is 1. The number of rotatable bonds is 7. The monoisotopic (exact) mass is 313 g/mol. The van der Waals surface area contributed by atoms with Crippen molar-refractivity contribution in [3.63, 3.8) is 0 Å². The molecule has 1 aromatic carbocycles. The lowest BCUT2D eigenvalue weighted by Gasteiger charge is -2.20. The minimum Gasteiger partial charge on any atom is -0.496 e. The van der Waals surface area contributed by atoms with Gasteiger partial charge < -0.3 is 10.1 Å². The summed E-state index contributed by atoms with van der Waals surface area (Å²) in [5.41, 5.74) is 1.28. The molecule has 0 spiro atoms. The number of methoxy groups -OCH3 is 1. The lowest BCUT2D eigenvalue weighted by atomic mass is 9.90. The largest absolute Gasteiger partial charge is 0.496 e. The van der Waals surface area contributed by atoms with E-state index in [4.69, 9.17) is 4.74 Å². The molecular weight excluding hydrogens is 290 g/mol. The Morgan fingerprint density at radius 1 is 1.33 bits per heavy atom. The Bertz CT molecular complexity index is 366. The maximum absolute atomic E-state index is 5.44. The molecule has 3 heteroatoms. The van der Waals surface area contributed by atoms with E-state index in [1.54, 1.807) is 7.11 Å². The van der Waals surface area contributed by atoms with Crippen LogP contribution in [-0.4, -0.2) is 20.7 Å². The van der Waals surface area contributed by atoms with Crippen LogP contribution < -0.4 is 10.1 Å². The van der Waals surface area contributed by atoms with Gasteiger partial charge in [-0.15, -0.1) is 0 Å². The van der Waals surface area contributed by atoms with E-state index in [1.807, 2.05) is 19.2 Å². The van der Waals surface area contributed by atoms with Crippen LogP contribution in [0.15, 0.2) is 22.7 Å². The molecule has 0 saturated carbocycles. The number of hydrogen-bond acceptors (Lipinski definition) is 2. The van der Waals surface area contributed by atoms with E-state index in [1.165, 1.54) is 12.0 Å². The lowest BCUT2D eigenvalue weighted by Crippen LogP contribution is -2.22. The van der Waals surface area contributed by atoms with Crippen molar-refractivity contribution in [1.82, 2.24) is 5.32 Å². The zero-order chi connectivity index (χ0) is 13.5. The average molecular weight is 314 g/mol. The fourth-order valence-electron chi connectivity index (χ4n) is 2.41. The van der Waals surface area contributed by atoms with Gasteiger partial charge in [-0.25, -0.2) is 0 Å². The van der Waals surface area contributed by atoms with Crippen LogP contribution in [0.5, 0.6) is 5.75 Å². The van der Waals surface area contributed by atoms with Gasteiger partial charge >= 0.3 is 0 Å². The summed E-state index contributed by atoms with van der Waals surface area (Å²) in [6.45, 7) is 5.61. The highest BCUT2D eigenvalue weighted by Gasteiger charge is 2.14. The molecule has 0 radical (unpaired) electrons. The van der Waals surface area contributed by atoms with Crippen LogP contribution in [0.3, 0.4) is 0 Å². The molecule has 0 bridgehead atoms. The van der Waals surface area contributed by atoms with Crippen LogP contribution in [0.4, 0.5) is 0 Å². The van der Waals surface area contributed by atoms with Crippen LogP contribution in [0.1, 0.15) is 25.8 Å². The quantitative estimate of drug-likeness (QED) is 0.824. The predicted molar refractivity (Wildman–Crippen MR) is 81.3 cm³/mol. The maximum Gasteiger partial charge on any atom is 0.122 e. The Balaban J connectivity index is 2.81. The molecule has 0 aliphatic rings. The molecule has 0 amide bonds. The minimum atomic E-state index is 0.651. The van der Waals surface area contributed by atoms with E-state index >= 15 is 0 Å². The number of nitrogens with one attached hydrogen (secondary N) is 1. The molecule has 0 heterocycles. The molecule has 1 aromatic rings. The number of ether oxygens (including phenoxy) is 1. The van der Waals surface area contributed by atoms with Crippen molar-refractivity contribution in [3.05, 3.63) is 28.2 Å². The molecule has 18 heavy (non-hydrogen) atoms. The molecule has 0 aromatic heterocycles. The normalized spacial score (nSPS) is 12.8. The van der Waals surface area contributed by atoms with Crippen molar-refractivity contribution in [3.8, 4) is 5.75 Å². The van der Waals surface area contributed by atoms with Crippen molar-refractivity contribution < 1.29 is 4.74 Å². The van der Waals surface area contributed by atoms with Gasteiger partial charge in [-0.3, -0.25) is 0 Å². The third-order valence-electron chi connectivity index (χ3n) is 3.05. The molecule has 1 unspecified atom stereocenters. The minimum absolute atomic E-state index is 0.651. The van der Waals surface area contributed by atoms with Gasteiger partial charge in [0.25, 0.3) is 0 Å². The van der Waals surface area contributed by atoms with E-state index in [-0.39, 0.29) is 0 Å². The summed E-state index contributed by atoms with van der Waals surface area (Å²) in [6, 6.07) is 6.23. The summed E-state index contributed by atoms with van der Waals surface area (Å²) < 4.78 is 6.56. The molecule has 1 rings (SSSR count). The van der Waals surface area contributed by atoms with Crippen molar-refractivity contribution in [2.75, 3.05) is 20.7 Å². The average Bonchev–Trinajstić information content (AvgIpc) is 2.28. The molecule has 2 nitrogen and oxygen atoms in total. The lowest BCUT2D eigenvalue weighted by molar-refractivity contribution is 0.377. The number of benzene rings is 1. The van der Waals surface area contributed by atoms with Crippen LogP contribution in [0, 0.1) is 11.8 Å². The summed E-state index contributed by atoms with van der Waals surface area (Å²) in [6.07, 6.45) is 2.29. The van der Waals surface area contributed by atoms with E-state index in [0.717, 1.165) is 29.1 Å². The van der Waals surface area contributed by atoms with Gasteiger partial charge in [0, 0.05) is 4.47 Å². The molecule has 0 aliphatic carbocycles. The van der Waals surface area contributed by atoms with Crippen LogP contribution in [-0.2, 0) is 6.42 Å². The highest BCUT2D eigenvalue weighted by molar-refractivity contribution is 9.10. The second-order valence-corrected chi connectivity index (χ2v) is 6.13. The molecule has 102 valence electrons. The first-order valence-electron chi connectivity index (χ1n) is 6.53. The van der Waals surface area contributed by atoms with Gasteiger partial charge in [-0.05, 0) is 62.0 Å². The fraction of sp³-hybridized carbons (Fsp3) is 0.600. The van der Waals surface area contributed by atoms with E-state index in [9.17, 15) is 0 Å². The highest BCUT2D eigenvalue weighted by Crippen LogP contribution is 2.27. The summed E-state index contributed by atoms with van der Waals surface area (Å²) in [7, 11) is 3.76. The van der Waals surface area contributed by atoms with Crippen LogP contribution in [0.25, 0.3) is 0 Å². The predicted octanol–water partition coefficient (Wildman–Crippen LogP) is 3.88. The highest BCUT2D eigenvalue weighted by atomic mass is 79.9. The molecule has 0 aliphatic heterocycles. The second kappa shape index (κ2) is 7.80. The maximum atomic E-state index is 5.44. The zero-order valence-corrected chi connectivity index (χ0v) is 13.4. The first kappa shape index (κ1) is 15.5. The Labute approximate surface area is 119 Å². The first-order chi connectivity index (χ1) is 8.56. The summed E-state index contributed by atoms with van der Waals surface area (Å²) in [5, 5.41) is 3.29. The third-order valence-corrected chi connectivity index (χ3v) is 3.54. The topological polar surface area (TPSA) is 21.3 Å². The van der Waals surface area contributed by atoms with Gasteiger partial charge in [-0.1, -0.05) is 29.8 Å². The summed E-state index contributed by atoms with van der Waals surface area (Å²) >= 11 is 3.53. The van der Waals surface area contributed by atoms with Crippen molar-refractivity contribution >= 4 is 15.9 Å². The second-order valence-electron chi connectivity index (χ2n) is 5.21. The van der Waals surface area contributed by atoms with E-state index in [2.05, 4.69) is 41.2 Å². The standard InChI is InChI=1S/C15H24BrNO/c1-11(2)7-12(10-17-3)8-13-9-14(16)5-6-15(13)18-4/h5-6,9,11-12,17H,7-8,10H2,1-4H3. The first-order valence-corrected chi connectivity index (χ1v) is 7.33. The Morgan fingerprint density at radius 2 is 2.06 bits per heavy atom. The van der Waals surface area contributed by atoms with Crippen LogP contribution in [0.2, 0.25) is 0 Å². The van der Waals surface area contributed by atoms with Gasteiger partial charge in [0.15, 0.2) is 0 Å². The third kappa shape index (κ3) is 4.99. The molecule has 0 saturated heterocycles. The summed E-state index contributed by atoms with van der Waals surface area (Å²) in [5.74, 6) is 2.36. The zero-order valence-electron chi connectivity index (χ0n) is 11.8. The van der Waals surface area contributed by atoms with Crippen molar-refractivity contribution in [2.24, 2.45) is 11.8 Å². The van der Waals surface area contributed by atoms with Gasteiger partial charge in [0.2, 0.25) is 0 Å². The number of halogens is 1. The molecule has 0 fully saturated rings. The van der Waals surface area contributed by atoms with Gasteiger partial charge in [0.1, 0.15) is 5.75 Å². The van der Waals surface area contributed by atoms with E-state index < -0.39 is 0 Å². The van der Waals surface area contributed by atoms with Crippen molar-refractivity contribution in [2.45, 2.75) is 26.7 Å². The smallest absolute Gasteiger partial charge is 0.122 e. The Kier molecular flexibility index (Phi) is 6.72. The Morgan fingerprint density at radius 3 is 2.61 bits per heavy atom. The van der Waals surface area contributed by atoms with E-state index in [0.29, 0.717) is 5.92 Å². The molecular formula is C15H24BrNO. The van der Waals surface area contributed by atoms with Crippen molar-refractivity contribution in [1.29, 1.82) is 0 Å². The van der Waals surface area contributed by atoms with Crippen LogP contribution >= 0.6 is 15.9 Å². The Hall–Kier alpha value is -0.540. The van der Waals surface area contributed by atoms with Gasteiger partial charge in [-0.2, -0.15) is 0 Å². The summed E-state index contributed by atoms with van der Waals surface area (Å²) in [4.78, 5) is 0.